The predicted molar refractivity (Wildman–Crippen MR) is 78.6 cm³/mol. The van der Waals surface area contributed by atoms with Gasteiger partial charge in [0, 0.05) is 11.2 Å². The van der Waals surface area contributed by atoms with E-state index in [1.165, 1.54) is 13.8 Å². The molecule has 7 nitrogen and oxygen atoms in total. The van der Waals surface area contributed by atoms with Crippen LogP contribution in [0.4, 0.5) is 0 Å². The van der Waals surface area contributed by atoms with Crippen LogP contribution in [0, 0.1) is 0 Å². The van der Waals surface area contributed by atoms with Gasteiger partial charge in [-0.2, -0.15) is 0 Å². The number of hydrogen-bond donors (Lipinski definition) is 3. The van der Waals surface area contributed by atoms with Crippen molar-refractivity contribution < 1.29 is 24.2 Å². The zero-order chi connectivity index (χ0) is 16.4. The zero-order valence-electron chi connectivity index (χ0n) is 12.6. The highest BCUT2D eigenvalue weighted by molar-refractivity contribution is 8.02. The Morgan fingerprint density at radius 2 is 2.00 bits per heavy atom. The van der Waals surface area contributed by atoms with Gasteiger partial charge in [-0.1, -0.05) is 13.8 Å². The van der Waals surface area contributed by atoms with Crippen LogP contribution in [0.3, 0.4) is 0 Å². The molecule has 4 N–H and O–H groups in total. The number of carboxylic acids is 1. The Morgan fingerprint density at radius 1 is 1.48 bits per heavy atom. The molecule has 1 rings (SSSR count). The van der Waals surface area contributed by atoms with Crippen molar-refractivity contribution in [3.63, 3.8) is 0 Å². The van der Waals surface area contributed by atoms with Crippen molar-refractivity contribution in [3.8, 4) is 0 Å². The molecule has 1 heterocycles. The Balaban J connectivity index is 2.50. The summed E-state index contributed by atoms with van der Waals surface area (Å²) in [5.74, 6) is -2.43. The van der Waals surface area contributed by atoms with Gasteiger partial charge in [-0.15, -0.1) is 11.8 Å². The lowest BCUT2D eigenvalue weighted by Gasteiger charge is -2.41. The Morgan fingerprint density at radius 3 is 2.43 bits per heavy atom. The van der Waals surface area contributed by atoms with E-state index in [-0.39, 0.29) is 10.2 Å². The molecule has 0 spiro atoms. The fourth-order valence-electron chi connectivity index (χ4n) is 1.81. The van der Waals surface area contributed by atoms with Gasteiger partial charge in [0.05, 0.1) is 12.5 Å². The third-order valence-electron chi connectivity index (χ3n) is 3.02. The molecule has 21 heavy (non-hydrogen) atoms. The van der Waals surface area contributed by atoms with E-state index in [1.54, 1.807) is 11.8 Å². The molecule has 0 aromatic carbocycles. The molecule has 1 fully saturated rings. The molecule has 1 aliphatic heterocycles. The Bertz CT molecular complexity index is 442. The summed E-state index contributed by atoms with van der Waals surface area (Å²) in [4.78, 5) is 34.3. The second kappa shape index (κ2) is 6.23. The largest absolute Gasteiger partial charge is 0.481 e. The van der Waals surface area contributed by atoms with Gasteiger partial charge < -0.3 is 20.9 Å². The summed E-state index contributed by atoms with van der Waals surface area (Å²) in [6.07, 6.45) is 0.260. The van der Waals surface area contributed by atoms with Crippen LogP contribution >= 0.6 is 11.8 Å². The number of rotatable bonds is 6. The summed E-state index contributed by atoms with van der Waals surface area (Å²) < 4.78 is 5.40. The number of carbonyl (C=O) groups excluding carboxylic acids is 2. The highest BCUT2D eigenvalue weighted by Crippen LogP contribution is 2.47. The molecule has 8 heteroatoms. The molecule has 0 aromatic rings. The topological polar surface area (TPSA) is 119 Å². The van der Waals surface area contributed by atoms with Crippen LogP contribution in [-0.4, -0.2) is 44.7 Å². The molecule has 0 bridgehead atoms. The van der Waals surface area contributed by atoms with Crippen molar-refractivity contribution in [1.29, 1.82) is 0 Å². The van der Waals surface area contributed by atoms with Crippen LogP contribution in [0.5, 0.6) is 0 Å². The van der Waals surface area contributed by atoms with E-state index < -0.39 is 35.8 Å². The molecule has 2 atom stereocenters. The molecule has 120 valence electrons. The lowest BCUT2D eigenvalue weighted by molar-refractivity contribution is -0.154. The average Bonchev–Trinajstić information content (AvgIpc) is 2.24. The van der Waals surface area contributed by atoms with Gasteiger partial charge in [0.1, 0.15) is 11.0 Å². The highest BCUT2D eigenvalue weighted by atomic mass is 32.2. The molecule has 0 aromatic heterocycles. The molecular weight excluding hydrogens is 296 g/mol. The van der Waals surface area contributed by atoms with Gasteiger partial charge in [-0.3, -0.25) is 9.59 Å². The highest BCUT2D eigenvalue weighted by Gasteiger charge is 2.42. The summed E-state index contributed by atoms with van der Waals surface area (Å²) in [6, 6.07) is -1.20. The van der Waals surface area contributed by atoms with Gasteiger partial charge in [-0.05, 0) is 13.8 Å². The number of hydrogen-bond acceptors (Lipinski definition) is 6. The maximum atomic E-state index is 12.1. The number of nitrogens with two attached hydrogens (primary N) is 1. The van der Waals surface area contributed by atoms with Gasteiger partial charge in [0.15, 0.2) is 0 Å². The fourth-order valence-corrected chi connectivity index (χ4v) is 3.11. The van der Waals surface area contributed by atoms with Crippen molar-refractivity contribution in [3.05, 3.63) is 0 Å². The van der Waals surface area contributed by atoms with E-state index in [0.717, 1.165) is 6.42 Å². The first kappa shape index (κ1) is 17.8. The molecule has 1 saturated heterocycles. The van der Waals surface area contributed by atoms with Gasteiger partial charge in [0.2, 0.25) is 5.91 Å². The van der Waals surface area contributed by atoms with Crippen LogP contribution in [0.1, 0.15) is 40.5 Å². The van der Waals surface area contributed by atoms with Gasteiger partial charge in [0.25, 0.3) is 0 Å². The molecule has 1 unspecified atom stereocenters. The van der Waals surface area contributed by atoms with Crippen molar-refractivity contribution in [1.82, 2.24) is 5.32 Å². The van der Waals surface area contributed by atoms with Crippen LogP contribution in [-0.2, 0) is 19.1 Å². The fraction of sp³-hybridized carbons (Fsp3) is 0.769. The van der Waals surface area contributed by atoms with E-state index in [4.69, 9.17) is 15.6 Å². The number of esters is 1. The minimum Gasteiger partial charge on any atom is -0.481 e. The maximum absolute atomic E-state index is 12.1. The monoisotopic (exact) mass is 318 g/mol. The summed E-state index contributed by atoms with van der Waals surface area (Å²) in [7, 11) is 0. The maximum Gasteiger partial charge on any atom is 0.332 e. The number of carbonyl (C=O) groups is 3. The van der Waals surface area contributed by atoms with Crippen molar-refractivity contribution >= 4 is 29.6 Å². The van der Waals surface area contributed by atoms with E-state index in [9.17, 15) is 14.4 Å². The first-order valence-corrected chi connectivity index (χ1v) is 7.49. The first-order valence-electron chi connectivity index (χ1n) is 6.61. The third kappa shape index (κ3) is 5.20. The Hall–Kier alpha value is -1.28. The number of nitrogens with one attached hydrogen (secondary N) is 1. The minimum atomic E-state index is -1.26. The average molecular weight is 318 g/mol. The third-order valence-corrected chi connectivity index (χ3v) is 4.36. The molecule has 0 aliphatic carbocycles. The number of thioether (sulfide) groups is 1. The zero-order valence-corrected chi connectivity index (χ0v) is 13.5. The normalized spacial score (nSPS) is 21.9. The molecule has 0 saturated carbocycles. The molecule has 0 radical (unpaired) electrons. The molecule has 1 amide bonds. The summed E-state index contributed by atoms with van der Waals surface area (Å²) in [5, 5.41) is 11.0. The summed E-state index contributed by atoms with van der Waals surface area (Å²) in [5.41, 5.74) is 3.98. The lowest BCUT2D eigenvalue weighted by Crippen LogP contribution is -2.56. The van der Waals surface area contributed by atoms with Crippen molar-refractivity contribution in [2.75, 3.05) is 0 Å². The quantitative estimate of drug-likeness (QED) is 0.609. The van der Waals surface area contributed by atoms with Crippen molar-refractivity contribution in [2.45, 2.75) is 62.3 Å². The van der Waals surface area contributed by atoms with E-state index in [1.807, 2.05) is 0 Å². The van der Waals surface area contributed by atoms with E-state index in [2.05, 4.69) is 19.2 Å². The van der Waals surface area contributed by atoms with Crippen LogP contribution < -0.4 is 11.1 Å². The lowest BCUT2D eigenvalue weighted by atomic mass is 10.0. The van der Waals surface area contributed by atoms with Gasteiger partial charge >= 0.3 is 11.9 Å². The van der Waals surface area contributed by atoms with E-state index >= 15 is 0 Å². The van der Waals surface area contributed by atoms with E-state index in [0.29, 0.717) is 0 Å². The Kier molecular flexibility index (Phi) is 5.27. The van der Waals surface area contributed by atoms with Crippen LogP contribution in [0.25, 0.3) is 0 Å². The number of amides is 1. The first-order chi connectivity index (χ1) is 9.43. The number of carboxylic acid groups (broad SMARTS) is 1. The van der Waals surface area contributed by atoms with Crippen molar-refractivity contribution in [2.24, 2.45) is 5.73 Å². The molecule has 1 aliphatic rings. The number of ether oxygens (including phenoxy) is 1. The number of aliphatic carboxylic acids is 1. The smallest absolute Gasteiger partial charge is 0.332 e. The second-order valence-corrected chi connectivity index (χ2v) is 8.10. The van der Waals surface area contributed by atoms with Crippen LogP contribution in [0.15, 0.2) is 0 Å². The molecular formula is C13H22N2O5S. The minimum absolute atomic E-state index is 0.0994. The SMILES string of the molecule is CC1(C)CC(OC(=O)C(C)(C)NC(=O)[C@@H](N)CC(=O)O)S1. The summed E-state index contributed by atoms with van der Waals surface area (Å²) in [6.45, 7) is 7.10. The predicted octanol–water partition coefficient (Wildman–Crippen LogP) is 0.468. The van der Waals surface area contributed by atoms with Crippen LogP contribution in [0.2, 0.25) is 0 Å². The Labute approximate surface area is 128 Å². The van der Waals surface area contributed by atoms with Gasteiger partial charge in [-0.25, -0.2) is 4.79 Å². The standard InChI is InChI=1S/C13H22N2O5S/c1-12(2)6-9(21-12)20-11(19)13(3,4)15-10(18)7(14)5-8(16)17/h7,9H,5-6,14H2,1-4H3,(H,15,18)(H,16,17)/t7-,9?/m0/s1. The summed E-state index contributed by atoms with van der Waals surface area (Å²) >= 11 is 1.55. The second-order valence-electron chi connectivity index (χ2n) is 6.24.